The number of nitrogens with zero attached hydrogens (tertiary/aromatic N) is 3. The van der Waals surface area contributed by atoms with E-state index in [2.05, 4.69) is 41.3 Å². The van der Waals surface area contributed by atoms with E-state index >= 15 is 0 Å². The number of amides is 1. The molecule has 0 aliphatic carbocycles. The van der Waals surface area contributed by atoms with Crippen molar-refractivity contribution in [3.05, 3.63) is 54.0 Å². The average Bonchev–Trinajstić information content (AvgIpc) is 3.09. The minimum atomic E-state index is 0.235. The first-order valence-corrected chi connectivity index (χ1v) is 9.03. The van der Waals surface area contributed by atoms with Gasteiger partial charge in [-0.15, -0.1) is 0 Å². The Labute approximate surface area is 149 Å². The summed E-state index contributed by atoms with van der Waals surface area (Å²) in [5, 5.41) is 3.45. The lowest BCUT2D eigenvalue weighted by molar-refractivity contribution is -0.130. The van der Waals surface area contributed by atoms with Crippen LogP contribution in [-0.4, -0.2) is 39.9 Å². The molecule has 25 heavy (non-hydrogen) atoms. The summed E-state index contributed by atoms with van der Waals surface area (Å²) in [4.78, 5) is 23.2. The second-order valence-corrected chi connectivity index (χ2v) is 6.91. The monoisotopic (exact) mass is 338 g/mol. The Bertz CT molecular complexity index is 702. The van der Waals surface area contributed by atoms with Crippen LogP contribution in [0.3, 0.4) is 0 Å². The molecule has 1 saturated heterocycles. The number of nitrogens with one attached hydrogen (secondary N) is 1. The number of hydrogen-bond acceptors (Lipinski definition) is 4. The maximum absolute atomic E-state index is 12.4. The zero-order chi connectivity index (χ0) is 17.6. The Morgan fingerprint density at radius 3 is 2.84 bits per heavy atom. The molecule has 2 aromatic rings. The molecule has 0 spiro atoms. The van der Waals surface area contributed by atoms with Gasteiger partial charge in [-0.1, -0.05) is 44.2 Å². The highest BCUT2D eigenvalue weighted by Crippen LogP contribution is 2.17. The van der Waals surface area contributed by atoms with Crippen molar-refractivity contribution in [2.75, 3.05) is 18.4 Å². The van der Waals surface area contributed by atoms with E-state index in [1.165, 1.54) is 5.56 Å². The summed E-state index contributed by atoms with van der Waals surface area (Å²) in [6.45, 7) is 5.73. The van der Waals surface area contributed by atoms with Gasteiger partial charge in [0.2, 0.25) is 5.91 Å². The maximum atomic E-state index is 12.4. The lowest BCUT2D eigenvalue weighted by Crippen LogP contribution is -2.31. The first kappa shape index (κ1) is 17.4. The van der Waals surface area contributed by atoms with Crippen LogP contribution in [0.15, 0.2) is 42.6 Å². The number of hydrogen-bond donors (Lipinski definition) is 1. The van der Waals surface area contributed by atoms with Gasteiger partial charge >= 0.3 is 0 Å². The predicted molar refractivity (Wildman–Crippen MR) is 99.5 cm³/mol. The van der Waals surface area contributed by atoms with Crippen LogP contribution in [-0.2, 0) is 11.2 Å². The summed E-state index contributed by atoms with van der Waals surface area (Å²) < 4.78 is 0. The average molecular weight is 338 g/mol. The first-order valence-electron chi connectivity index (χ1n) is 9.03. The quantitative estimate of drug-likeness (QED) is 0.878. The Morgan fingerprint density at radius 2 is 2.08 bits per heavy atom. The van der Waals surface area contributed by atoms with E-state index in [4.69, 9.17) is 0 Å². The van der Waals surface area contributed by atoms with Crippen LogP contribution >= 0.6 is 0 Å². The Kier molecular flexibility index (Phi) is 5.64. The molecular formula is C20H26N4O. The van der Waals surface area contributed by atoms with Crippen LogP contribution in [0.2, 0.25) is 0 Å². The van der Waals surface area contributed by atoms with Gasteiger partial charge in [-0.05, 0) is 24.5 Å². The molecule has 1 aliphatic rings. The van der Waals surface area contributed by atoms with E-state index in [0.29, 0.717) is 12.3 Å². The Hall–Kier alpha value is -2.43. The van der Waals surface area contributed by atoms with Gasteiger partial charge in [0.25, 0.3) is 0 Å². The van der Waals surface area contributed by atoms with E-state index < -0.39 is 0 Å². The molecule has 0 saturated carbocycles. The number of carbonyl (C=O) groups is 1. The minimum Gasteiger partial charge on any atom is -0.365 e. The van der Waals surface area contributed by atoms with Crippen LogP contribution in [0.4, 0.5) is 5.82 Å². The highest BCUT2D eigenvalue weighted by molar-refractivity contribution is 5.77. The zero-order valence-corrected chi connectivity index (χ0v) is 15.0. The molecule has 1 N–H and O–H groups in total. The molecule has 1 amide bonds. The molecule has 1 aliphatic heterocycles. The van der Waals surface area contributed by atoms with Gasteiger partial charge < -0.3 is 10.2 Å². The number of benzene rings is 1. The van der Waals surface area contributed by atoms with Crippen molar-refractivity contribution in [3.63, 3.8) is 0 Å². The molecule has 5 heteroatoms. The van der Waals surface area contributed by atoms with Crippen LogP contribution in [0.1, 0.15) is 44.0 Å². The fraction of sp³-hybridized carbons (Fsp3) is 0.450. The predicted octanol–water partition coefficient (Wildman–Crippen LogP) is 3.25. The molecule has 3 rings (SSSR count). The Morgan fingerprint density at radius 1 is 1.28 bits per heavy atom. The number of aryl methyl sites for hydroxylation is 1. The maximum Gasteiger partial charge on any atom is 0.222 e. The first-order chi connectivity index (χ1) is 12.1. The molecule has 1 fully saturated rings. The van der Waals surface area contributed by atoms with Gasteiger partial charge in [0, 0.05) is 37.7 Å². The molecule has 1 atom stereocenters. The molecule has 0 radical (unpaired) electrons. The summed E-state index contributed by atoms with van der Waals surface area (Å²) in [5.74, 6) is 2.24. The number of rotatable bonds is 6. The third-order valence-corrected chi connectivity index (χ3v) is 4.55. The standard InChI is InChI=1S/C20H26N4O/c1-15(2)20-21-12-10-18(23-20)22-17-11-13-24(14-17)19(25)9-8-16-6-4-3-5-7-16/h3-7,10,12,15,17H,8-9,11,13-14H2,1-2H3,(H,21,22,23). The largest absolute Gasteiger partial charge is 0.365 e. The van der Waals surface area contributed by atoms with Crippen molar-refractivity contribution in [2.45, 2.75) is 45.1 Å². The number of anilines is 1. The summed E-state index contributed by atoms with van der Waals surface area (Å²) in [6, 6.07) is 12.3. The van der Waals surface area contributed by atoms with Crippen LogP contribution in [0.25, 0.3) is 0 Å². The van der Waals surface area contributed by atoms with Crippen molar-refractivity contribution in [1.29, 1.82) is 0 Å². The zero-order valence-electron chi connectivity index (χ0n) is 15.0. The summed E-state index contributed by atoms with van der Waals surface area (Å²) in [6.07, 6.45) is 4.13. The smallest absolute Gasteiger partial charge is 0.222 e. The van der Waals surface area contributed by atoms with E-state index in [-0.39, 0.29) is 11.9 Å². The summed E-state index contributed by atoms with van der Waals surface area (Å²) in [5.41, 5.74) is 1.21. The van der Waals surface area contributed by atoms with Gasteiger partial charge in [0.1, 0.15) is 11.6 Å². The van der Waals surface area contributed by atoms with Gasteiger partial charge in [-0.2, -0.15) is 0 Å². The number of likely N-dealkylation sites (tertiary alicyclic amines) is 1. The van der Waals surface area contributed by atoms with E-state index in [1.807, 2.05) is 29.2 Å². The molecule has 5 nitrogen and oxygen atoms in total. The molecule has 2 heterocycles. The summed E-state index contributed by atoms with van der Waals surface area (Å²) >= 11 is 0. The van der Waals surface area contributed by atoms with Crippen molar-refractivity contribution < 1.29 is 4.79 Å². The molecule has 0 bridgehead atoms. The highest BCUT2D eigenvalue weighted by Gasteiger charge is 2.26. The lowest BCUT2D eigenvalue weighted by atomic mass is 10.1. The van der Waals surface area contributed by atoms with Crippen LogP contribution in [0.5, 0.6) is 0 Å². The third kappa shape index (κ3) is 4.78. The molecule has 1 aromatic heterocycles. The van der Waals surface area contributed by atoms with Crippen molar-refractivity contribution >= 4 is 11.7 Å². The second kappa shape index (κ2) is 8.10. The van der Waals surface area contributed by atoms with Gasteiger partial charge in [0.05, 0.1) is 0 Å². The molecule has 132 valence electrons. The van der Waals surface area contributed by atoms with Crippen molar-refractivity contribution in [2.24, 2.45) is 0 Å². The van der Waals surface area contributed by atoms with Crippen LogP contribution < -0.4 is 5.32 Å². The molecular weight excluding hydrogens is 312 g/mol. The van der Waals surface area contributed by atoms with E-state index in [9.17, 15) is 4.79 Å². The molecule has 1 unspecified atom stereocenters. The fourth-order valence-corrected chi connectivity index (χ4v) is 3.10. The third-order valence-electron chi connectivity index (χ3n) is 4.55. The topological polar surface area (TPSA) is 58.1 Å². The lowest BCUT2D eigenvalue weighted by Gasteiger charge is -2.18. The number of aromatic nitrogens is 2. The SMILES string of the molecule is CC(C)c1nccc(NC2CCN(C(=O)CCc3ccccc3)C2)n1. The summed E-state index contributed by atoms with van der Waals surface area (Å²) in [7, 11) is 0. The van der Waals surface area contributed by atoms with Gasteiger partial charge in [-0.3, -0.25) is 4.79 Å². The van der Waals surface area contributed by atoms with E-state index in [0.717, 1.165) is 37.6 Å². The molecule has 1 aromatic carbocycles. The fourth-order valence-electron chi connectivity index (χ4n) is 3.10. The highest BCUT2D eigenvalue weighted by atomic mass is 16.2. The van der Waals surface area contributed by atoms with E-state index in [1.54, 1.807) is 6.20 Å². The number of carbonyl (C=O) groups excluding carboxylic acids is 1. The van der Waals surface area contributed by atoms with Crippen molar-refractivity contribution in [3.8, 4) is 0 Å². The Balaban J connectivity index is 1.49. The van der Waals surface area contributed by atoms with Gasteiger partial charge in [0.15, 0.2) is 0 Å². The minimum absolute atomic E-state index is 0.235. The van der Waals surface area contributed by atoms with Gasteiger partial charge in [-0.25, -0.2) is 9.97 Å². The van der Waals surface area contributed by atoms with Crippen molar-refractivity contribution in [1.82, 2.24) is 14.9 Å². The second-order valence-electron chi connectivity index (χ2n) is 6.91. The normalized spacial score (nSPS) is 17.1. The van der Waals surface area contributed by atoms with Crippen LogP contribution in [0, 0.1) is 0 Å².